The van der Waals surface area contributed by atoms with Crippen molar-refractivity contribution in [1.29, 1.82) is 0 Å². The summed E-state index contributed by atoms with van der Waals surface area (Å²) in [5.41, 5.74) is 0.213. The molecule has 0 radical (unpaired) electrons. The van der Waals surface area contributed by atoms with Crippen molar-refractivity contribution in [2.24, 2.45) is 5.41 Å². The van der Waals surface area contributed by atoms with Crippen LogP contribution in [0.5, 0.6) is 0 Å². The molecule has 2 amide bonds. The van der Waals surface area contributed by atoms with Crippen molar-refractivity contribution in [1.82, 2.24) is 5.32 Å². The predicted octanol–water partition coefficient (Wildman–Crippen LogP) is 3.57. The zero-order chi connectivity index (χ0) is 13.4. The molecule has 0 bridgehead atoms. The number of imide groups is 1. The van der Waals surface area contributed by atoms with Crippen LogP contribution in [0.15, 0.2) is 0 Å². The minimum absolute atomic E-state index is 0.102. The Hall–Kier alpha value is -0.860. The monoisotopic (exact) mass is 253 g/mol. The molecule has 0 unspecified atom stereocenters. The normalized spacial score (nSPS) is 24.1. The highest BCUT2D eigenvalue weighted by atomic mass is 16.2. The zero-order valence-electron chi connectivity index (χ0n) is 11.9. The van der Waals surface area contributed by atoms with E-state index in [1.807, 2.05) is 0 Å². The molecule has 1 heterocycles. The Morgan fingerprint density at radius 1 is 0.778 bits per heavy atom. The Morgan fingerprint density at radius 2 is 1.33 bits per heavy atom. The van der Waals surface area contributed by atoms with Crippen LogP contribution in [0.2, 0.25) is 0 Å². The van der Waals surface area contributed by atoms with Gasteiger partial charge in [0.05, 0.1) is 0 Å². The van der Waals surface area contributed by atoms with Gasteiger partial charge in [0, 0.05) is 12.8 Å². The van der Waals surface area contributed by atoms with Crippen molar-refractivity contribution in [3.05, 3.63) is 0 Å². The molecule has 0 aromatic heterocycles. The van der Waals surface area contributed by atoms with Crippen molar-refractivity contribution in [2.45, 2.75) is 78.1 Å². The molecular formula is C15H27NO2. The van der Waals surface area contributed by atoms with Crippen LogP contribution in [-0.4, -0.2) is 11.8 Å². The molecule has 3 heteroatoms. The van der Waals surface area contributed by atoms with Gasteiger partial charge < -0.3 is 0 Å². The van der Waals surface area contributed by atoms with Gasteiger partial charge in [0.2, 0.25) is 11.8 Å². The summed E-state index contributed by atoms with van der Waals surface area (Å²) < 4.78 is 0. The maximum absolute atomic E-state index is 11.6. The maximum atomic E-state index is 11.6. The quantitative estimate of drug-likeness (QED) is 0.671. The van der Waals surface area contributed by atoms with Crippen molar-refractivity contribution < 1.29 is 9.59 Å². The number of amides is 2. The maximum Gasteiger partial charge on any atom is 0.226 e. The van der Waals surface area contributed by atoms with Gasteiger partial charge in [-0.1, -0.05) is 46.0 Å². The molecule has 1 fully saturated rings. The molecule has 1 saturated heterocycles. The van der Waals surface area contributed by atoms with E-state index in [4.69, 9.17) is 0 Å². The molecular weight excluding hydrogens is 226 g/mol. The third-order valence-corrected chi connectivity index (χ3v) is 3.82. The second kappa shape index (κ2) is 7.55. The van der Waals surface area contributed by atoms with Crippen LogP contribution in [0.3, 0.4) is 0 Å². The molecule has 0 aliphatic carbocycles. The fourth-order valence-corrected chi connectivity index (χ4v) is 2.45. The van der Waals surface area contributed by atoms with E-state index in [1.165, 1.54) is 32.1 Å². The van der Waals surface area contributed by atoms with Crippen molar-refractivity contribution in [2.75, 3.05) is 0 Å². The number of nitrogens with one attached hydrogen (secondary N) is 1. The largest absolute Gasteiger partial charge is 0.296 e. The number of hydrogen-bond donors (Lipinski definition) is 1. The average Bonchev–Trinajstić information content (AvgIpc) is 2.29. The highest BCUT2D eigenvalue weighted by molar-refractivity contribution is 5.95. The molecule has 1 rings (SSSR count). The fraction of sp³-hybridized carbons (Fsp3) is 0.867. The van der Waals surface area contributed by atoms with Crippen LogP contribution in [0, 0.1) is 5.41 Å². The van der Waals surface area contributed by atoms with Gasteiger partial charge in [-0.05, 0) is 24.7 Å². The molecule has 0 aromatic rings. The molecule has 0 saturated carbocycles. The van der Waals surface area contributed by atoms with Crippen LogP contribution in [-0.2, 0) is 9.59 Å². The minimum Gasteiger partial charge on any atom is -0.296 e. The first kappa shape index (κ1) is 15.2. The Labute approximate surface area is 111 Å². The Balaban J connectivity index is 2.46. The van der Waals surface area contributed by atoms with E-state index in [1.54, 1.807) is 0 Å². The summed E-state index contributed by atoms with van der Waals surface area (Å²) in [6.07, 6.45) is 10.0. The van der Waals surface area contributed by atoms with Crippen LogP contribution >= 0.6 is 0 Å². The highest BCUT2D eigenvalue weighted by Gasteiger charge is 2.19. The van der Waals surface area contributed by atoms with Crippen molar-refractivity contribution in [3.63, 3.8) is 0 Å². The van der Waals surface area contributed by atoms with Crippen molar-refractivity contribution >= 4 is 11.8 Å². The van der Waals surface area contributed by atoms with E-state index < -0.39 is 0 Å². The summed E-state index contributed by atoms with van der Waals surface area (Å²) >= 11 is 0. The summed E-state index contributed by atoms with van der Waals surface area (Å²) in [6, 6.07) is 0. The van der Waals surface area contributed by atoms with Crippen LogP contribution in [0.25, 0.3) is 0 Å². The molecule has 18 heavy (non-hydrogen) atoms. The number of hydrogen-bond acceptors (Lipinski definition) is 2. The summed E-state index contributed by atoms with van der Waals surface area (Å²) in [7, 11) is 0. The Kier molecular flexibility index (Phi) is 6.37. The molecule has 104 valence electrons. The van der Waals surface area contributed by atoms with Crippen LogP contribution in [0.1, 0.15) is 78.1 Å². The molecule has 0 aromatic carbocycles. The van der Waals surface area contributed by atoms with E-state index in [0.717, 1.165) is 19.3 Å². The highest BCUT2D eigenvalue weighted by Crippen LogP contribution is 2.29. The van der Waals surface area contributed by atoms with Gasteiger partial charge in [-0.25, -0.2) is 0 Å². The van der Waals surface area contributed by atoms with Gasteiger partial charge in [0.15, 0.2) is 0 Å². The minimum atomic E-state index is -0.106. The Morgan fingerprint density at radius 3 is 2.06 bits per heavy atom. The smallest absolute Gasteiger partial charge is 0.226 e. The average molecular weight is 253 g/mol. The third kappa shape index (κ3) is 6.77. The van der Waals surface area contributed by atoms with Crippen LogP contribution < -0.4 is 5.32 Å². The first-order valence-electron chi connectivity index (χ1n) is 7.32. The molecule has 1 aliphatic rings. The van der Waals surface area contributed by atoms with Crippen LogP contribution in [0.4, 0.5) is 0 Å². The van der Waals surface area contributed by atoms with Gasteiger partial charge >= 0.3 is 0 Å². The van der Waals surface area contributed by atoms with E-state index in [-0.39, 0.29) is 17.2 Å². The summed E-state index contributed by atoms with van der Waals surface area (Å²) in [4.78, 5) is 23.1. The fourth-order valence-electron chi connectivity index (χ4n) is 2.45. The van der Waals surface area contributed by atoms with E-state index in [0.29, 0.717) is 12.8 Å². The van der Waals surface area contributed by atoms with Crippen molar-refractivity contribution in [3.8, 4) is 0 Å². The first-order chi connectivity index (χ1) is 8.49. The molecule has 0 spiro atoms. The standard InChI is InChI=1S/C15H27NO2/c1-15(2)11-8-6-4-3-5-7-9-13(17)16-14(18)10-12-15/h3-12H2,1-2H3,(H,16,17,18). The molecule has 1 N–H and O–H groups in total. The lowest BCUT2D eigenvalue weighted by atomic mass is 9.82. The molecule has 0 atom stereocenters. The molecule has 1 aliphatic heterocycles. The zero-order valence-corrected chi connectivity index (χ0v) is 11.9. The number of rotatable bonds is 0. The lowest BCUT2D eigenvalue weighted by Gasteiger charge is -2.24. The van der Waals surface area contributed by atoms with Gasteiger partial charge in [0.1, 0.15) is 0 Å². The molecule has 3 nitrogen and oxygen atoms in total. The number of carbonyl (C=O) groups is 2. The first-order valence-corrected chi connectivity index (χ1v) is 7.32. The summed E-state index contributed by atoms with van der Waals surface area (Å²) in [5, 5.41) is 2.49. The van der Waals surface area contributed by atoms with Gasteiger partial charge in [0.25, 0.3) is 0 Å². The van der Waals surface area contributed by atoms with Gasteiger partial charge in [-0.3, -0.25) is 14.9 Å². The third-order valence-electron chi connectivity index (χ3n) is 3.82. The van der Waals surface area contributed by atoms with Gasteiger partial charge in [-0.2, -0.15) is 0 Å². The second-order valence-corrected chi connectivity index (χ2v) is 6.26. The lowest BCUT2D eigenvalue weighted by molar-refractivity contribution is -0.130. The lowest BCUT2D eigenvalue weighted by Crippen LogP contribution is -2.31. The van der Waals surface area contributed by atoms with Gasteiger partial charge in [-0.15, -0.1) is 0 Å². The SMILES string of the molecule is CC1(C)CCCCCCCCC(=O)NC(=O)CC1. The second-order valence-electron chi connectivity index (χ2n) is 6.26. The summed E-state index contributed by atoms with van der Waals surface area (Å²) in [5.74, 6) is -0.208. The van der Waals surface area contributed by atoms with E-state index >= 15 is 0 Å². The van der Waals surface area contributed by atoms with E-state index in [9.17, 15) is 9.59 Å². The topological polar surface area (TPSA) is 46.2 Å². The summed E-state index contributed by atoms with van der Waals surface area (Å²) in [6.45, 7) is 4.43. The van der Waals surface area contributed by atoms with E-state index in [2.05, 4.69) is 19.2 Å². The Bertz CT molecular complexity index is 284. The number of carbonyl (C=O) groups excluding carboxylic acids is 2. The predicted molar refractivity (Wildman–Crippen MR) is 73.1 cm³/mol.